The van der Waals surface area contributed by atoms with Crippen LogP contribution in [-0.2, 0) is 4.79 Å². The Morgan fingerprint density at radius 3 is 2.93 bits per heavy atom. The molecule has 15 heavy (non-hydrogen) atoms. The molecule has 3 fully saturated rings. The average molecular weight is 204 g/mol. The Hall–Kier alpha value is -0.590. The molecule has 2 bridgehead atoms. The Labute approximate surface area is 91.9 Å². The van der Waals surface area contributed by atoms with Gasteiger partial charge < -0.3 is 4.79 Å². The summed E-state index contributed by atoms with van der Waals surface area (Å²) in [4.78, 5) is 10.3. The number of aldehydes is 1. The molecule has 3 aliphatic rings. The highest BCUT2D eigenvalue weighted by atomic mass is 16.1. The zero-order valence-corrected chi connectivity index (χ0v) is 9.32. The van der Waals surface area contributed by atoms with Crippen LogP contribution in [0.15, 0.2) is 11.6 Å². The molecule has 0 heterocycles. The van der Waals surface area contributed by atoms with Crippen molar-refractivity contribution >= 4 is 6.29 Å². The molecule has 82 valence electrons. The first-order valence-electron chi connectivity index (χ1n) is 6.52. The van der Waals surface area contributed by atoms with E-state index in [1.165, 1.54) is 32.1 Å². The van der Waals surface area contributed by atoms with Crippen LogP contribution in [0.1, 0.15) is 44.9 Å². The molecule has 0 unspecified atom stereocenters. The Bertz CT molecular complexity index is 292. The van der Waals surface area contributed by atoms with Crippen LogP contribution in [0.2, 0.25) is 0 Å². The van der Waals surface area contributed by atoms with E-state index in [9.17, 15) is 4.79 Å². The maximum atomic E-state index is 10.3. The number of fused-ring (bicyclic) bond motifs is 5. The van der Waals surface area contributed by atoms with Crippen LogP contribution in [0.4, 0.5) is 0 Å². The van der Waals surface area contributed by atoms with Crippen molar-refractivity contribution in [1.82, 2.24) is 0 Å². The highest BCUT2D eigenvalue weighted by Crippen LogP contribution is 2.60. The van der Waals surface area contributed by atoms with Crippen molar-refractivity contribution in [2.75, 3.05) is 0 Å². The third-order valence-corrected chi connectivity index (χ3v) is 4.97. The number of carbonyl (C=O) groups excluding carboxylic acids is 1. The highest BCUT2D eigenvalue weighted by Gasteiger charge is 2.51. The van der Waals surface area contributed by atoms with E-state index in [1.54, 1.807) is 5.57 Å². The second kappa shape index (κ2) is 3.77. The molecule has 0 amide bonds. The molecule has 0 aromatic carbocycles. The minimum absolute atomic E-state index is 0.717. The van der Waals surface area contributed by atoms with Gasteiger partial charge in [0.25, 0.3) is 0 Å². The monoisotopic (exact) mass is 204 g/mol. The molecule has 0 aliphatic heterocycles. The van der Waals surface area contributed by atoms with Gasteiger partial charge in [-0.2, -0.15) is 0 Å². The van der Waals surface area contributed by atoms with Crippen molar-refractivity contribution in [3.8, 4) is 0 Å². The van der Waals surface area contributed by atoms with Gasteiger partial charge in [0.05, 0.1) is 0 Å². The third kappa shape index (κ3) is 1.47. The Balaban J connectivity index is 1.70. The van der Waals surface area contributed by atoms with Gasteiger partial charge in [-0.05, 0) is 55.8 Å². The standard InChI is InChI=1S/C14H20O/c15-7-2-1-4-10-8-11-9-14(10)13-6-3-5-12(11)13/h4,7,11-14H,1-3,5-6,8-9H2/b10-4+/t11-,12+,13+,14-/m0/s1. The Morgan fingerprint density at radius 2 is 2.07 bits per heavy atom. The largest absolute Gasteiger partial charge is 0.303 e. The summed E-state index contributed by atoms with van der Waals surface area (Å²) in [6.45, 7) is 0. The van der Waals surface area contributed by atoms with Crippen molar-refractivity contribution in [3.63, 3.8) is 0 Å². The predicted octanol–water partition coefficient (Wildman–Crippen LogP) is 3.35. The molecule has 3 aliphatic carbocycles. The highest BCUT2D eigenvalue weighted by molar-refractivity contribution is 5.49. The summed E-state index contributed by atoms with van der Waals surface area (Å²) >= 11 is 0. The van der Waals surface area contributed by atoms with Crippen LogP contribution in [0, 0.1) is 23.7 Å². The number of hydrogen-bond donors (Lipinski definition) is 0. The molecule has 0 radical (unpaired) electrons. The van der Waals surface area contributed by atoms with Gasteiger partial charge in [0.1, 0.15) is 6.29 Å². The summed E-state index contributed by atoms with van der Waals surface area (Å²) in [6.07, 6.45) is 12.4. The quantitative estimate of drug-likeness (QED) is 0.391. The van der Waals surface area contributed by atoms with Gasteiger partial charge in [-0.25, -0.2) is 0 Å². The first-order chi connectivity index (χ1) is 7.40. The van der Waals surface area contributed by atoms with Crippen molar-refractivity contribution in [1.29, 1.82) is 0 Å². The first kappa shape index (κ1) is 9.62. The van der Waals surface area contributed by atoms with Crippen LogP contribution in [0.25, 0.3) is 0 Å². The van der Waals surface area contributed by atoms with E-state index in [0.29, 0.717) is 0 Å². The molecular formula is C14H20O. The van der Waals surface area contributed by atoms with E-state index in [-0.39, 0.29) is 0 Å². The van der Waals surface area contributed by atoms with Crippen molar-refractivity contribution in [3.05, 3.63) is 11.6 Å². The van der Waals surface area contributed by atoms with E-state index in [1.807, 2.05) is 0 Å². The van der Waals surface area contributed by atoms with E-state index < -0.39 is 0 Å². The molecular weight excluding hydrogens is 184 g/mol. The summed E-state index contributed by atoms with van der Waals surface area (Å²) in [5.74, 6) is 4.06. The van der Waals surface area contributed by atoms with Crippen molar-refractivity contribution < 1.29 is 4.79 Å². The maximum Gasteiger partial charge on any atom is 0.120 e. The summed E-state index contributed by atoms with van der Waals surface area (Å²) in [5, 5.41) is 0. The molecule has 3 saturated carbocycles. The van der Waals surface area contributed by atoms with Crippen LogP contribution in [0.3, 0.4) is 0 Å². The first-order valence-corrected chi connectivity index (χ1v) is 6.52. The smallest absolute Gasteiger partial charge is 0.120 e. The SMILES string of the molecule is O=CCC/C=C1\C[C@H]2C[C@@H]1[C@@H]1CCC[C@H]21. The van der Waals surface area contributed by atoms with Crippen LogP contribution < -0.4 is 0 Å². The van der Waals surface area contributed by atoms with Crippen LogP contribution in [-0.4, -0.2) is 6.29 Å². The number of unbranched alkanes of at least 4 members (excludes halogenated alkanes) is 1. The zero-order chi connectivity index (χ0) is 10.3. The minimum atomic E-state index is 0.717. The fourth-order valence-corrected chi connectivity index (χ4v) is 4.46. The number of rotatable bonds is 3. The van der Waals surface area contributed by atoms with E-state index in [0.717, 1.165) is 42.8 Å². The summed E-state index contributed by atoms with van der Waals surface area (Å²) in [6, 6.07) is 0. The predicted molar refractivity (Wildman–Crippen MR) is 60.4 cm³/mol. The molecule has 0 aromatic heterocycles. The van der Waals surface area contributed by atoms with E-state index in [4.69, 9.17) is 0 Å². The number of allylic oxidation sites excluding steroid dienone is 2. The second-order valence-corrected chi connectivity index (χ2v) is 5.59. The normalized spacial score (nSPS) is 44.9. The summed E-state index contributed by atoms with van der Waals surface area (Å²) in [5.41, 5.74) is 1.71. The topological polar surface area (TPSA) is 17.1 Å². The van der Waals surface area contributed by atoms with Crippen LogP contribution >= 0.6 is 0 Å². The lowest BCUT2D eigenvalue weighted by atomic mass is 9.79. The van der Waals surface area contributed by atoms with Gasteiger partial charge in [-0.3, -0.25) is 0 Å². The molecule has 3 rings (SSSR count). The number of carbonyl (C=O) groups is 1. The van der Waals surface area contributed by atoms with Crippen molar-refractivity contribution in [2.24, 2.45) is 23.7 Å². The lowest BCUT2D eigenvalue weighted by molar-refractivity contribution is -0.107. The van der Waals surface area contributed by atoms with Gasteiger partial charge >= 0.3 is 0 Å². The molecule has 0 saturated heterocycles. The minimum Gasteiger partial charge on any atom is -0.303 e. The molecule has 0 N–H and O–H groups in total. The fraction of sp³-hybridized carbons (Fsp3) is 0.786. The molecule has 0 spiro atoms. The van der Waals surface area contributed by atoms with E-state index in [2.05, 4.69) is 6.08 Å². The Kier molecular flexibility index (Phi) is 2.42. The fourth-order valence-electron chi connectivity index (χ4n) is 4.46. The molecule has 4 atom stereocenters. The maximum absolute atomic E-state index is 10.3. The van der Waals surface area contributed by atoms with Gasteiger partial charge in [0.2, 0.25) is 0 Å². The second-order valence-electron chi connectivity index (χ2n) is 5.59. The van der Waals surface area contributed by atoms with E-state index >= 15 is 0 Å². The molecule has 1 heteroatoms. The number of hydrogen-bond acceptors (Lipinski definition) is 1. The Morgan fingerprint density at radius 1 is 1.20 bits per heavy atom. The molecule has 0 aromatic rings. The van der Waals surface area contributed by atoms with Crippen LogP contribution in [0.5, 0.6) is 0 Å². The zero-order valence-electron chi connectivity index (χ0n) is 9.32. The average Bonchev–Trinajstić information content (AvgIpc) is 2.89. The third-order valence-electron chi connectivity index (χ3n) is 4.97. The van der Waals surface area contributed by atoms with Crippen molar-refractivity contribution in [2.45, 2.75) is 44.9 Å². The molecule has 1 nitrogen and oxygen atoms in total. The summed E-state index contributed by atoms with van der Waals surface area (Å²) in [7, 11) is 0. The van der Waals surface area contributed by atoms with Gasteiger partial charge in [-0.1, -0.05) is 18.1 Å². The van der Waals surface area contributed by atoms with Gasteiger partial charge in [0, 0.05) is 6.42 Å². The lowest BCUT2D eigenvalue weighted by Gasteiger charge is -2.26. The van der Waals surface area contributed by atoms with Gasteiger partial charge in [0.15, 0.2) is 0 Å². The lowest BCUT2D eigenvalue weighted by Crippen LogP contribution is -2.18. The van der Waals surface area contributed by atoms with Gasteiger partial charge in [-0.15, -0.1) is 0 Å². The summed E-state index contributed by atoms with van der Waals surface area (Å²) < 4.78 is 0.